The van der Waals surface area contributed by atoms with Gasteiger partial charge in [0.2, 0.25) is 0 Å². The summed E-state index contributed by atoms with van der Waals surface area (Å²) < 4.78 is 6.28. The Morgan fingerprint density at radius 2 is 2.47 bits per heavy atom. The molecule has 0 aliphatic carbocycles. The number of hydrogen-bond acceptors (Lipinski definition) is 4. The first-order valence-corrected chi connectivity index (χ1v) is 7.43. The van der Waals surface area contributed by atoms with Crippen LogP contribution in [0.3, 0.4) is 0 Å². The molecule has 1 aliphatic rings. The van der Waals surface area contributed by atoms with E-state index in [1.807, 2.05) is 24.3 Å². The molecule has 17 heavy (non-hydrogen) atoms. The summed E-state index contributed by atoms with van der Waals surface area (Å²) in [5.41, 5.74) is 0.996. The van der Waals surface area contributed by atoms with Crippen LogP contribution >= 0.6 is 27.7 Å². The first kappa shape index (κ1) is 12.9. The molecule has 0 amide bonds. The lowest BCUT2D eigenvalue weighted by Crippen LogP contribution is -2.44. The Labute approximate surface area is 113 Å². The smallest absolute Gasteiger partial charge is 0.324 e. The fourth-order valence-electron chi connectivity index (χ4n) is 1.60. The van der Waals surface area contributed by atoms with Gasteiger partial charge in [0.15, 0.2) is 0 Å². The van der Waals surface area contributed by atoms with Gasteiger partial charge in [-0.3, -0.25) is 4.79 Å². The number of nitrogens with one attached hydrogen (secondary N) is 1. The van der Waals surface area contributed by atoms with E-state index >= 15 is 0 Å². The van der Waals surface area contributed by atoms with E-state index in [1.165, 1.54) is 0 Å². The Morgan fingerprint density at radius 1 is 1.59 bits per heavy atom. The third kappa shape index (κ3) is 4.01. The molecular weight excluding hydrogens is 302 g/mol. The van der Waals surface area contributed by atoms with Gasteiger partial charge in [-0.1, -0.05) is 28.1 Å². The zero-order chi connectivity index (χ0) is 12.1. The molecule has 1 aromatic rings. The minimum atomic E-state index is -0.155. The SMILES string of the molecule is O=C(OCc1cccc(Br)c1)C1CSCCN1. The second kappa shape index (κ2) is 6.42. The summed E-state index contributed by atoms with van der Waals surface area (Å²) in [7, 11) is 0. The highest BCUT2D eigenvalue weighted by Crippen LogP contribution is 2.13. The number of ether oxygens (including phenoxy) is 1. The molecule has 0 spiro atoms. The topological polar surface area (TPSA) is 38.3 Å². The van der Waals surface area contributed by atoms with Crippen molar-refractivity contribution in [2.45, 2.75) is 12.6 Å². The predicted molar refractivity (Wildman–Crippen MR) is 73.1 cm³/mol. The Hall–Kier alpha value is -0.520. The van der Waals surface area contributed by atoms with E-state index in [1.54, 1.807) is 11.8 Å². The molecule has 1 atom stereocenters. The van der Waals surface area contributed by atoms with E-state index in [2.05, 4.69) is 21.2 Å². The highest BCUT2D eigenvalue weighted by Gasteiger charge is 2.22. The molecule has 1 heterocycles. The molecule has 2 rings (SSSR count). The average Bonchev–Trinajstić information content (AvgIpc) is 2.37. The maximum atomic E-state index is 11.7. The van der Waals surface area contributed by atoms with E-state index < -0.39 is 0 Å². The second-order valence-corrected chi connectivity index (χ2v) is 5.88. The van der Waals surface area contributed by atoms with Crippen LogP contribution in [0, 0.1) is 0 Å². The van der Waals surface area contributed by atoms with Gasteiger partial charge < -0.3 is 10.1 Å². The van der Waals surface area contributed by atoms with Crippen molar-refractivity contribution in [3.05, 3.63) is 34.3 Å². The molecule has 1 aromatic carbocycles. The van der Waals surface area contributed by atoms with E-state index in [0.717, 1.165) is 28.1 Å². The van der Waals surface area contributed by atoms with E-state index in [4.69, 9.17) is 4.74 Å². The fraction of sp³-hybridized carbons (Fsp3) is 0.417. The highest BCUT2D eigenvalue weighted by molar-refractivity contribution is 9.10. The van der Waals surface area contributed by atoms with E-state index in [0.29, 0.717) is 6.61 Å². The lowest BCUT2D eigenvalue weighted by atomic mass is 10.2. The van der Waals surface area contributed by atoms with Crippen LogP contribution in [0.5, 0.6) is 0 Å². The summed E-state index contributed by atoms with van der Waals surface area (Å²) in [4.78, 5) is 11.7. The Bertz CT molecular complexity index is 394. The quantitative estimate of drug-likeness (QED) is 0.868. The number of benzene rings is 1. The molecule has 1 N–H and O–H groups in total. The zero-order valence-electron chi connectivity index (χ0n) is 9.32. The van der Waals surface area contributed by atoms with Gasteiger partial charge in [-0.15, -0.1) is 0 Å². The summed E-state index contributed by atoms with van der Waals surface area (Å²) in [6, 6.07) is 7.63. The van der Waals surface area contributed by atoms with Gasteiger partial charge in [0.1, 0.15) is 12.6 Å². The number of halogens is 1. The van der Waals surface area contributed by atoms with Crippen molar-refractivity contribution in [1.82, 2.24) is 5.32 Å². The molecule has 3 nitrogen and oxygen atoms in total. The van der Waals surface area contributed by atoms with Gasteiger partial charge in [0.05, 0.1) is 0 Å². The number of rotatable bonds is 3. The molecule has 0 aromatic heterocycles. The molecular formula is C12H14BrNO2S. The summed E-state index contributed by atoms with van der Waals surface area (Å²) in [5.74, 6) is 1.71. The summed E-state index contributed by atoms with van der Waals surface area (Å²) in [6.07, 6.45) is 0. The van der Waals surface area contributed by atoms with Crippen molar-refractivity contribution in [1.29, 1.82) is 0 Å². The van der Waals surface area contributed by atoms with Crippen LogP contribution in [0.2, 0.25) is 0 Å². The molecule has 5 heteroatoms. The van der Waals surface area contributed by atoms with Crippen molar-refractivity contribution in [2.75, 3.05) is 18.1 Å². The predicted octanol–water partition coefficient (Wildman–Crippen LogP) is 2.20. The largest absolute Gasteiger partial charge is 0.460 e. The van der Waals surface area contributed by atoms with Crippen molar-refractivity contribution in [3.8, 4) is 0 Å². The standard InChI is InChI=1S/C12H14BrNO2S/c13-10-3-1-2-9(6-10)7-16-12(15)11-8-17-5-4-14-11/h1-3,6,11,14H,4-5,7-8H2. The molecule has 0 radical (unpaired) electrons. The first-order chi connectivity index (χ1) is 8.25. The van der Waals surface area contributed by atoms with Gasteiger partial charge in [0, 0.05) is 22.5 Å². The lowest BCUT2D eigenvalue weighted by molar-refractivity contribution is -0.146. The van der Waals surface area contributed by atoms with Crippen molar-refractivity contribution < 1.29 is 9.53 Å². The van der Waals surface area contributed by atoms with Gasteiger partial charge in [-0.25, -0.2) is 0 Å². The first-order valence-electron chi connectivity index (χ1n) is 5.48. The zero-order valence-corrected chi connectivity index (χ0v) is 11.7. The molecule has 1 fully saturated rings. The third-order valence-corrected chi connectivity index (χ3v) is 4.03. The number of hydrogen-bond donors (Lipinski definition) is 1. The minimum absolute atomic E-state index is 0.152. The number of esters is 1. The summed E-state index contributed by atoms with van der Waals surface area (Å²) in [6.45, 7) is 1.21. The highest BCUT2D eigenvalue weighted by atomic mass is 79.9. The molecule has 1 saturated heterocycles. The van der Waals surface area contributed by atoms with E-state index in [-0.39, 0.29) is 12.0 Å². The van der Waals surface area contributed by atoms with Gasteiger partial charge in [0.25, 0.3) is 0 Å². The third-order valence-electron chi connectivity index (χ3n) is 2.48. The average molecular weight is 316 g/mol. The van der Waals surface area contributed by atoms with Gasteiger partial charge >= 0.3 is 5.97 Å². The van der Waals surface area contributed by atoms with Gasteiger partial charge in [-0.2, -0.15) is 11.8 Å². The molecule has 1 aliphatic heterocycles. The fourth-order valence-corrected chi connectivity index (χ4v) is 2.96. The maximum absolute atomic E-state index is 11.7. The Balaban J connectivity index is 1.83. The molecule has 0 bridgehead atoms. The molecule has 0 saturated carbocycles. The number of thioether (sulfide) groups is 1. The van der Waals surface area contributed by atoms with Crippen LogP contribution in [-0.2, 0) is 16.1 Å². The normalized spacial score (nSPS) is 19.9. The van der Waals surface area contributed by atoms with Crippen LogP contribution < -0.4 is 5.32 Å². The lowest BCUT2D eigenvalue weighted by Gasteiger charge is -2.21. The van der Waals surface area contributed by atoms with Crippen molar-refractivity contribution >= 4 is 33.7 Å². The maximum Gasteiger partial charge on any atom is 0.324 e. The number of carbonyl (C=O) groups excluding carboxylic acids is 1. The molecule has 92 valence electrons. The van der Waals surface area contributed by atoms with Crippen LogP contribution in [0.1, 0.15) is 5.56 Å². The van der Waals surface area contributed by atoms with Crippen molar-refractivity contribution in [3.63, 3.8) is 0 Å². The summed E-state index contributed by atoms with van der Waals surface area (Å²) in [5, 5.41) is 3.16. The van der Waals surface area contributed by atoms with Crippen molar-refractivity contribution in [2.24, 2.45) is 0 Å². The molecule has 1 unspecified atom stereocenters. The summed E-state index contributed by atoms with van der Waals surface area (Å²) >= 11 is 5.17. The second-order valence-electron chi connectivity index (χ2n) is 3.82. The Kier molecular flexibility index (Phi) is 4.88. The van der Waals surface area contributed by atoms with E-state index in [9.17, 15) is 4.79 Å². The monoisotopic (exact) mass is 315 g/mol. The van der Waals surface area contributed by atoms with Crippen LogP contribution in [-0.4, -0.2) is 30.1 Å². The van der Waals surface area contributed by atoms with Crippen LogP contribution in [0.15, 0.2) is 28.7 Å². The van der Waals surface area contributed by atoms with Crippen LogP contribution in [0.25, 0.3) is 0 Å². The Morgan fingerprint density at radius 3 is 3.18 bits per heavy atom. The minimum Gasteiger partial charge on any atom is -0.460 e. The number of carbonyl (C=O) groups is 1. The van der Waals surface area contributed by atoms with Gasteiger partial charge in [-0.05, 0) is 17.7 Å². The van der Waals surface area contributed by atoms with Crippen LogP contribution in [0.4, 0.5) is 0 Å².